The Kier molecular flexibility index (Phi) is 6.91. The summed E-state index contributed by atoms with van der Waals surface area (Å²) in [6, 6.07) is 7.11. The van der Waals surface area contributed by atoms with Gasteiger partial charge < -0.3 is 14.6 Å². The largest absolute Gasteiger partial charge is 0.424 e. The first kappa shape index (κ1) is 20.6. The molecule has 152 valence electrons. The van der Waals surface area contributed by atoms with Crippen LogP contribution in [-0.2, 0) is 6.42 Å². The molecule has 2 amide bonds. The molecule has 1 fully saturated rings. The van der Waals surface area contributed by atoms with Gasteiger partial charge in [0.2, 0.25) is 11.8 Å². The molecule has 8 heteroatoms. The van der Waals surface area contributed by atoms with Crippen molar-refractivity contribution in [3.63, 3.8) is 0 Å². The quantitative estimate of drug-likeness (QED) is 0.805. The minimum absolute atomic E-state index is 0.0318. The first-order valence-electron chi connectivity index (χ1n) is 9.80. The third kappa shape index (κ3) is 5.45. The van der Waals surface area contributed by atoms with Crippen LogP contribution in [0.15, 0.2) is 28.7 Å². The van der Waals surface area contributed by atoms with Gasteiger partial charge in [-0.05, 0) is 37.5 Å². The Morgan fingerprint density at radius 1 is 1.21 bits per heavy atom. The molecule has 1 unspecified atom stereocenters. The summed E-state index contributed by atoms with van der Waals surface area (Å²) in [6.07, 6.45) is 1.68. The van der Waals surface area contributed by atoms with Gasteiger partial charge in [0.1, 0.15) is 0 Å². The van der Waals surface area contributed by atoms with E-state index in [9.17, 15) is 4.79 Å². The number of nitrogens with one attached hydrogen (secondary N) is 1. The fraction of sp³-hybridized carbons (Fsp3) is 0.550. The molecule has 0 saturated carbocycles. The smallest absolute Gasteiger partial charge is 0.321 e. The molecule has 2 heterocycles. The van der Waals surface area contributed by atoms with Gasteiger partial charge in [0.05, 0.1) is 6.04 Å². The fourth-order valence-corrected chi connectivity index (χ4v) is 3.51. The van der Waals surface area contributed by atoms with E-state index in [-0.39, 0.29) is 12.1 Å². The van der Waals surface area contributed by atoms with Crippen LogP contribution in [0.5, 0.6) is 0 Å². The molecule has 0 aliphatic carbocycles. The number of hydrogen-bond acceptors (Lipinski definition) is 5. The predicted octanol–water partition coefficient (Wildman–Crippen LogP) is 4.22. The molecule has 1 aliphatic rings. The normalized spacial score (nSPS) is 16.8. The molecule has 3 rings (SSSR count). The molecule has 1 aliphatic heterocycles. The van der Waals surface area contributed by atoms with Gasteiger partial charge in [0.15, 0.2) is 0 Å². The molecule has 1 saturated heterocycles. The summed E-state index contributed by atoms with van der Waals surface area (Å²) < 4.78 is 5.85. The van der Waals surface area contributed by atoms with Crippen LogP contribution in [0.3, 0.4) is 0 Å². The van der Waals surface area contributed by atoms with Gasteiger partial charge in [0.25, 0.3) is 0 Å². The van der Waals surface area contributed by atoms with Crippen molar-refractivity contribution in [2.45, 2.75) is 39.7 Å². The average Bonchev–Trinajstić information content (AvgIpc) is 2.95. The van der Waals surface area contributed by atoms with Crippen molar-refractivity contribution in [3.05, 3.63) is 41.1 Å². The summed E-state index contributed by atoms with van der Waals surface area (Å²) in [7, 11) is 0. The topological polar surface area (TPSA) is 74.5 Å². The highest BCUT2D eigenvalue weighted by Gasteiger charge is 2.26. The third-order valence-corrected chi connectivity index (χ3v) is 5.10. The number of rotatable bonds is 5. The van der Waals surface area contributed by atoms with Crippen LogP contribution in [0.25, 0.3) is 0 Å². The highest BCUT2D eigenvalue weighted by atomic mass is 35.5. The second-order valence-corrected chi connectivity index (χ2v) is 8.06. The molecule has 2 aromatic rings. The van der Waals surface area contributed by atoms with Gasteiger partial charge in [-0.1, -0.05) is 31.5 Å². The van der Waals surface area contributed by atoms with Gasteiger partial charge in [-0.3, -0.25) is 4.90 Å². The number of hydrogen-bond donors (Lipinski definition) is 1. The standard InChI is InChI=1S/C20H28ClN5O2/c1-14(2)12-18-23-24-19(28-18)15(3)25-8-5-9-26(11-10-25)20(27)22-17-7-4-6-16(21)13-17/h4,6-7,13-15H,5,8-12H2,1-3H3,(H,22,27). The second-order valence-electron chi connectivity index (χ2n) is 7.63. The Labute approximate surface area is 171 Å². The number of benzene rings is 1. The van der Waals surface area contributed by atoms with Crippen LogP contribution in [0, 0.1) is 5.92 Å². The number of anilines is 1. The van der Waals surface area contributed by atoms with E-state index in [1.54, 1.807) is 12.1 Å². The van der Waals surface area contributed by atoms with Crippen molar-refractivity contribution in [2.24, 2.45) is 5.92 Å². The molecular formula is C20H28ClN5O2. The van der Waals surface area contributed by atoms with E-state index in [2.05, 4.69) is 41.2 Å². The summed E-state index contributed by atoms with van der Waals surface area (Å²) in [5.41, 5.74) is 0.704. The summed E-state index contributed by atoms with van der Waals surface area (Å²) in [5, 5.41) is 11.9. The molecular weight excluding hydrogens is 378 g/mol. The average molecular weight is 406 g/mol. The van der Waals surface area contributed by atoms with Crippen LogP contribution in [0.1, 0.15) is 45.0 Å². The van der Waals surface area contributed by atoms with Gasteiger partial charge >= 0.3 is 6.03 Å². The summed E-state index contributed by atoms with van der Waals surface area (Å²) in [4.78, 5) is 16.7. The summed E-state index contributed by atoms with van der Waals surface area (Å²) >= 11 is 5.99. The Bertz CT molecular complexity index is 794. The summed E-state index contributed by atoms with van der Waals surface area (Å²) in [5.74, 6) is 1.81. The van der Waals surface area contributed by atoms with E-state index in [4.69, 9.17) is 16.0 Å². The van der Waals surface area contributed by atoms with E-state index in [0.29, 0.717) is 41.5 Å². The van der Waals surface area contributed by atoms with Crippen molar-refractivity contribution in [1.29, 1.82) is 0 Å². The Hall–Kier alpha value is -2.12. The Morgan fingerprint density at radius 2 is 2.04 bits per heavy atom. The highest BCUT2D eigenvalue weighted by Crippen LogP contribution is 2.22. The van der Waals surface area contributed by atoms with Gasteiger partial charge in [-0.25, -0.2) is 4.79 Å². The lowest BCUT2D eigenvalue weighted by molar-refractivity contribution is 0.182. The van der Waals surface area contributed by atoms with Crippen LogP contribution >= 0.6 is 11.6 Å². The van der Waals surface area contributed by atoms with E-state index >= 15 is 0 Å². The van der Waals surface area contributed by atoms with E-state index in [1.807, 2.05) is 17.0 Å². The molecule has 0 spiro atoms. The first-order valence-corrected chi connectivity index (χ1v) is 10.2. The number of aromatic nitrogens is 2. The molecule has 0 radical (unpaired) electrons. The van der Waals surface area contributed by atoms with E-state index in [1.165, 1.54) is 0 Å². The number of carbonyl (C=O) groups excluding carboxylic acids is 1. The molecule has 28 heavy (non-hydrogen) atoms. The maximum atomic E-state index is 12.6. The zero-order valence-electron chi connectivity index (χ0n) is 16.7. The van der Waals surface area contributed by atoms with Crippen molar-refractivity contribution in [3.8, 4) is 0 Å². The van der Waals surface area contributed by atoms with Gasteiger partial charge in [-0.15, -0.1) is 10.2 Å². The number of carbonyl (C=O) groups is 1. The van der Waals surface area contributed by atoms with Crippen LogP contribution in [-0.4, -0.2) is 52.2 Å². The first-order chi connectivity index (χ1) is 13.4. The van der Waals surface area contributed by atoms with E-state index < -0.39 is 0 Å². The molecule has 1 aromatic heterocycles. The Balaban J connectivity index is 1.56. The number of halogens is 1. The SMILES string of the molecule is CC(C)Cc1nnc(C(C)N2CCCN(C(=O)Nc3cccc(Cl)c3)CC2)o1. The molecule has 7 nitrogen and oxygen atoms in total. The van der Waals surface area contributed by atoms with Crippen molar-refractivity contribution >= 4 is 23.3 Å². The lowest BCUT2D eigenvalue weighted by Gasteiger charge is -2.25. The lowest BCUT2D eigenvalue weighted by atomic mass is 10.1. The van der Waals surface area contributed by atoms with Crippen molar-refractivity contribution in [2.75, 3.05) is 31.5 Å². The van der Waals surface area contributed by atoms with Gasteiger partial charge in [0, 0.05) is 43.3 Å². The van der Waals surface area contributed by atoms with Crippen molar-refractivity contribution < 1.29 is 9.21 Å². The maximum Gasteiger partial charge on any atom is 0.321 e. The van der Waals surface area contributed by atoms with Crippen LogP contribution < -0.4 is 5.32 Å². The molecule has 1 N–H and O–H groups in total. The lowest BCUT2D eigenvalue weighted by Crippen LogP contribution is -2.38. The Morgan fingerprint density at radius 3 is 2.79 bits per heavy atom. The fourth-order valence-electron chi connectivity index (χ4n) is 3.32. The second kappa shape index (κ2) is 9.39. The zero-order valence-corrected chi connectivity index (χ0v) is 17.4. The highest BCUT2D eigenvalue weighted by molar-refractivity contribution is 6.30. The maximum absolute atomic E-state index is 12.6. The van der Waals surface area contributed by atoms with Crippen molar-refractivity contribution in [1.82, 2.24) is 20.0 Å². The number of nitrogens with zero attached hydrogens (tertiary/aromatic N) is 4. The predicted molar refractivity (Wildman–Crippen MR) is 109 cm³/mol. The molecule has 0 bridgehead atoms. The summed E-state index contributed by atoms with van der Waals surface area (Å²) in [6.45, 7) is 9.32. The zero-order chi connectivity index (χ0) is 20.1. The van der Waals surface area contributed by atoms with Crippen LogP contribution in [0.2, 0.25) is 5.02 Å². The molecule has 1 atom stereocenters. The number of amides is 2. The minimum atomic E-state index is -0.103. The number of urea groups is 1. The minimum Gasteiger partial charge on any atom is -0.424 e. The molecule has 1 aromatic carbocycles. The van der Waals surface area contributed by atoms with Crippen LogP contribution in [0.4, 0.5) is 10.5 Å². The monoisotopic (exact) mass is 405 g/mol. The van der Waals surface area contributed by atoms with Gasteiger partial charge in [-0.2, -0.15) is 0 Å². The van der Waals surface area contributed by atoms with E-state index in [0.717, 1.165) is 25.9 Å². The third-order valence-electron chi connectivity index (χ3n) is 4.86.